The van der Waals surface area contributed by atoms with Gasteiger partial charge in [0.1, 0.15) is 8.24 Å². The van der Waals surface area contributed by atoms with Gasteiger partial charge in [0.05, 0.1) is 0 Å². The molecule has 0 unspecified atom stereocenters. The van der Waals surface area contributed by atoms with Gasteiger partial charge in [0.15, 0.2) is 0 Å². The Kier molecular flexibility index (Phi) is 6.65. The van der Waals surface area contributed by atoms with E-state index in [1.54, 1.807) is 0 Å². The molecule has 0 atom stereocenters. The maximum absolute atomic E-state index is 3.98. The van der Waals surface area contributed by atoms with Crippen LogP contribution in [0.2, 0.25) is 18.1 Å². The highest BCUT2D eigenvalue weighted by Crippen LogP contribution is 2.32. The van der Waals surface area contributed by atoms with Crippen LogP contribution in [0.5, 0.6) is 0 Å². The van der Waals surface area contributed by atoms with Crippen molar-refractivity contribution in [2.45, 2.75) is 56.3 Å². The topological polar surface area (TPSA) is 3.24 Å². The second kappa shape index (κ2) is 7.75. The van der Waals surface area contributed by atoms with E-state index in [9.17, 15) is 0 Å². The Morgan fingerprint density at radius 3 is 1.78 bits per heavy atom. The molecular weight excluding hydrogens is 234 g/mol. The van der Waals surface area contributed by atoms with E-state index < -0.39 is 8.24 Å². The van der Waals surface area contributed by atoms with Gasteiger partial charge in [-0.15, -0.1) is 19.7 Å². The molecule has 0 aromatic carbocycles. The van der Waals surface area contributed by atoms with Crippen LogP contribution in [0.3, 0.4) is 0 Å². The molecular formula is C16H29NSi. The zero-order valence-electron chi connectivity index (χ0n) is 12.0. The van der Waals surface area contributed by atoms with Crippen LogP contribution < -0.4 is 0 Å². The number of rotatable bonds is 8. The van der Waals surface area contributed by atoms with Gasteiger partial charge in [-0.1, -0.05) is 37.5 Å². The molecule has 0 heterocycles. The predicted octanol–water partition coefficient (Wildman–Crippen LogP) is 4.75. The average Bonchev–Trinajstić information content (AvgIpc) is 2.39. The summed E-state index contributed by atoms with van der Waals surface area (Å²) in [7, 11) is 0.839. The lowest BCUT2D eigenvalue weighted by Crippen LogP contribution is -2.55. The van der Waals surface area contributed by atoms with Gasteiger partial charge in [-0.3, -0.25) is 0 Å². The molecule has 0 bridgehead atoms. The van der Waals surface area contributed by atoms with E-state index in [1.165, 1.54) is 32.1 Å². The second-order valence-electron chi connectivity index (χ2n) is 5.61. The molecule has 0 aromatic heterocycles. The molecule has 0 saturated heterocycles. The normalized spacial score (nSPS) is 17.7. The number of hydrogen-bond donors (Lipinski definition) is 0. The quantitative estimate of drug-likeness (QED) is 0.451. The first-order chi connectivity index (χ1) is 8.70. The van der Waals surface area contributed by atoms with Crippen LogP contribution in [0.1, 0.15) is 32.1 Å². The molecule has 0 aliphatic heterocycles. The summed E-state index contributed by atoms with van der Waals surface area (Å²) in [4.78, 5) is 0. The zero-order valence-corrected chi connectivity index (χ0v) is 13.0. The average molecular weight is 264 g/mol. The highest BCUT2D eigenvalue weighted by Gasteiger charge is 2.37. The molecule has 1 saturated carbocycles. The first-order valence-corrected chi connectivity index (χ1v) is 9.82. The molecule has 0 aromatic rings. The maximum Gasteiger partial charge on any atom is 0.139 e. The van der Waals surface area contributed by atoms with Crippen molar-refractivity contribution in [3.63, 3.8) is 0 Å². The summed E-state index contributed by atoms with van der Waals surface area (Å²) in [6, 6.07) is 4.24. The monoisotopic (exact) mass is 263 g/mol. The van der Waals surface area contributed by atoms with Gasteiger partial charge >= 0.3 is 0 Å². The minimum absolute atomic E-state index is 0.783. The van der Waals surface area contributed by atoms with Crippen molar-refractivity contribution in [3.8, 4) is 0 Å². The van der Waals surface area contributed by atoms with Crippen molar-refractivity contribution in [1.82, 2.24) is 4.57 Å². The summed E-state index contributed by atoms with van der Waals surface area (Å²) >= 11 is 0. The molecule has 0 radical (unpaired) electrons. The molecule has 2 heteroatoms. The van der Waals surface area contributed by atoms with Crippen molar-refractivity contribution in [2.24, 2.45) is 0 Å². The maximum atomic E-state index is 3.98. The molecule has 1 aliphatic rings. The van der Waals surface area contributed by atoms with Crippen LogP contribution in [0.25, 0.3) is 0 Å². The summed E-state index contributed by atoms with van der Waals surface area (Å²) in [6.45, 7) is 11.9. The van der Waals surface area contributed by atoms with Crippen LogP contribution in [-0.2, 0) is 0 Å². The molecule has 1 fully saturated rings. The Labute approximate surface area is 114 Å². The molecule has 1 aliphatic carbocycles. The SMILES string of the molecule is C=CC[Si](CC=C)(CC=C)N(C)C1CCCCC1. The third-order valence-electron chi connectivity index (χ3n) is 4.44. The predicted molar refractivity (Wildman–Crippen MR) is 85.4 cm³/mol. The van der Waals surface area contributed by atoms with Crippen molar-refractivity contribution in [2.75, 3.05) is 7.05 Å². The molecule has 1 rings (SSSR count). The van der Waals surface area contributed by atoms with E-state index >= 15 is 0 Å². The second-order valence-corrected chi connectivity index (χ2v) is 9.98. The highest BCUT2D eigenvalue weighted by atomic mass is 28.3. The molecule has 0 amide bonds. The Morgan fingerprint density at radius 1 is 0.944 bits per heavy atom. The van der Waals surface area contributed by atoms with Crippen LogP contribution in [0, 0.1) is 0 Å². The minimum atomic E-state index is -1.51. The molecule has 102 valence electrons. The summed E-state index contributed by atoms with van der Waals surface area (Å²) in [5.41, 5.74) is 0. The van der Waals surface area contributed by atoms with Gasteiger partial charge in [0, 0.05) is 6.04 Å². The number of allylic oxidation sites excluding steroid dienone is 3. The fraction of sp³-hybridized carbons (Fsp3) is 0.625. The Hall–Kier alpha value is -0.603. The Morgan fingerprint density at radius 2 is 1.39 bits per heavy atom. The molecule has 0 spiro atoms. The van der Waals surface area contributed by atoms with Crippen molar-refractivity contribution < 1.29 is 0 Å². The lowest BCUT2D eigenvalue weighted by atomic mass is 9.96. The lowest BCUT2D eigenvalue weighted by Gasteiger charge is -2.44. The van der Waals surface area contributed by atoms with Crippen molar-refractivity contribution >= 4 is 8.24 Å². The fourth-order valence-electron chi connectivity index (χ4n) is 3.34. The van der Waals surface area contributed by atoms with Crippen molar-refractivity contribution in [1.29, 1.82) is 0 Å². The van der Waals surface area contributed by atoms with Gasteiger partial charge in [-0.2, -0.15) is 0 Å². The van der Waals surface area contributed by atoms with Gasteiger partial charge < -0.3 is 4.57 Å². The van der Waals surface area contributed by atoms with Crippen LogP contribution in [-0.4, -0.2) is 25.9 Å². The number of hydrogen-bond acceptors (Lipinski definition) is 1. The number of nitrogens with zero attached hydrogens (tertiary/aromatic N) is 1. The van der Waals surface area contributed by atoms with Crippen LogP contribution in [0.15, 0.2) is 38.0 Å². The van der Waals surface area contributed by atoms with E-state index in [1.807, 2.05) is 0 Å². The largest absolute Gasteiger partial charge is 0.323 e. The van der Waals surface area contributed by atoms with E-state index in [0.29, 0.717) is 0 Å². The zero-order chi connectivity index (χ0) is 13.4. The van der Waals surface area contributed by atoms with E-state index in [2.05, 4.69) is 49.6 Å². The summed E-state index contributed by atoms with van der Waals surface area (Å²) in [5, 5.41) is 0. The Bertz CT molecular complexity index is 252. The summed E-state index contributed by atoms with van der Waals surface area (Å²) < 4.78 is 2.73. The fourth-order valence-corrected chi connectivity index (χ4v) is 7.35. The summed E-state index contributed by atoms with van der Waals surface area (Å²) in [5.74, 6) is 0. The third kappa shape index (κ3) is 3.69. The van der Waals surface area contributed by atoms with Gasteiger partial charge in [-0.05, 0) is 38.0 Å². The van der Waals surface area contributed by atoms with Gasteiger partial charge in [-0.25, -0.2) is 0 Å². The van der Waals surface area contributed by atoms with E-state index in [4.69, 9.17) is 0 Å². The molecule has 18 heavy (non-hydrogen) atoms. The van der Waals surface area contributed by atoms with Gasteiger partial charge in [0.2, 0.25) is 0 Å². The minimum Gasteiger partial charge on any atom is -0.323 e. The first-order valence-electron chi connectivity index (χ1n) is 7.26. The van der Waals surface area contributed by atoms with Crippen LogP contribution >= 0.6 is 0 Å². The Balaban J connectivity index is 2.86. The molecule has 0 N–H and O–H groups in total. The van der Waals surface area contributed by atoms with E-state index in [0.717, 1.165) is 24.2 Å². The smallest absolute Gasteiger partial charge is 0.139 e. The standard InChI is InChI=1S/C16H29NSi/c1-5-13-18(14-6-2,15-7-3)17(4)16-11-9-8-10-12-16/h5-7,16H,1-3,8-15H2,4H3. The lowest BCUT2D eigenvalue weighted by molar-refractivity contribution is 0.278. The van der Waals surface area contributed by atoms with Crippen LogP contribution in [0.4, 0.5) is 0 Å². The first kappa shape index (κ1) is 15.5. The highest BCUT2D eigenvalue weighted by molar-refractivity contribution is 6.78. The van der Waals surface area contributed by atoms with E-state index in [-0.39, 0.29) is 0 Å². The van der Waals surface area contributed by atoms with Crippen molar-refractivity contribution in [3.05, 3.63) is 38.0 Å². The molecule has 1 nitrogen and oxygen atoms in total. The summed E-state index contributed by atoms with van der Waals surface area (Å²) in [6.07, 6.45) is 13.3. The van der Waals surface area contributed by atoms with Gasteiger partial charge in [0.25, 0.3) is 0 Å². The third-order valence-corrected chi connectivity index (χ3v) is 9.45.